The lowest BCUT2D eigenvalue weighted by molar-refractivity contribution is -0.0352. The Hall–Kier alpha value is -2.78. The largest absolute Gasteiger partial charge is 0.493 e. The molecule has 166 valence electrons. The molecule has 3 aromatic rings. The van der Waals surface area contributed by atoms with Gasteiger partial charge in [0.2, 0.25) is 0 Å². The van der Waals surface area contributed by atoms with Crippen LogP contribution in [0.2, 0.25) is 0 Å². The number of hydrogen-bond acceptors (Lipinski definition) is 5. The van der Waals surface area contributed by atoms with Gasteiger partial charge in [0, 0.05) is 63.2 Å². The summed E-state index contributed by atoms with van der Waals surface area (Å²) in [5.74, 6) is -1.50. The molecule has 1 aromatic carbocycles. The van der Waals surface area contributed by atoms with Crippen LogP contribution in [0, 0.1) is 11.6 Å². The Labute approximate surface area is 180 Å². The lowest BCUT2D eigenvalue weighted by atomic mass is 10.1. The molecule has 1 atom stereocenters. The number of rotatable bonds is 8. The standard InChI is InChI=1S/C22H27F2N5O2/c1-3-29-14-16(12-25-29)13-28-7-9-31-22(15-28)21-10-17(27(2)26-21)6-8-30-18-4-5-19(23)20(24)11-18/h4-5,10-12,14,22H,3,6-9,13,15H2,1-2H3/t22-/m1/s1. The monoisotopic (exact) mass is 431 g/mol. The van der Waals surface area contributed by atoms with E-state index < -0.39 is 11.6 Å². The molecular formula is C22H27F2N5O2. The number of benzene rings is 1. The lowest BCUT2D eigenvalue weighted by Gasteiger charge is -2.31. The van der Waals surface area contributed by atoms with E-state index in [0.717, 1.165) is 49.7 Å². The molecular weight excluding hydrogens is 404 g/mol. The fourth-order valence-corrected chi connectivity index (χ4v) is 3.71. The highest BCUT2D eigenvalue weighted by Gasteiger charge is 2.25. The molecule has 0 radical (unpaired) electrons. The zero-order valence-corrected chi connectivity index (χ0v) is 17.8. The van der Waals surface area contributed by atoms with Gasteiger partial charge >= 0.3 is 0 Å². The average molecular weight is 431 g/mol. The molecule has 4 rings (SSSR count). The van der Waals surface area contributed by atoms with Gasteiger partial charge in [-0.3, -0.25) is 14.3 Å². The predicted molar refractivity (Wildman–Crippen MR) is 111 cm³/mol. The van der Waals surface area contributed by atoms with Crippen LogP contribution in [0.15, 0.2) is 36.7 Å². The Morgan fingerprint density at radius 1 is 1.23 bits per heavy atom. The summed E-state index contributed by atoms with van der Waals surface area (Å²) in [6.45, 7) is 6.39. The van der Waals surface area contributed by atoms with E-state index in [1.165, 1.54) is 11.6 Å². The summed E-state index contributed by atoms with van der Waals surface area (Å²) < 4.78 is 41.6. The van der Waals surface area contributed by atoms with Crippen LogP contribution in [-0.2, 0) is 31.3 Å². The second-order valence-electron chi connectivity index (χ2n) is 7.66. The second kappa shape index (κ2) is 9.57. The topological polar surface area (TPSA) is 57.3 Å². The molecule has 2 aromatic heterocycles. The van der Waals surface area contributed by atoms with Crippen molar-refractivity contribution in [1.82, 2.24) is 24.5 Å². The summed E-state index contributed by atoms with van der Waals surface area (Å²) in [5.41, 5.74) is 3.07. The van der Waals surface area contributed by atoms with Gasteiger partial charge in [0.1, 0.15) is 11.9 Å². The van der Waals surface area contributed by atoms with Crippen LogP contribution in [0.4, 0.5) is 8.78 Å². The lowest BCUT2D eigenvalue weighted by Crippen LogP contribution is -2.37. The smallest absolute Gasteiger partial charge is 0.162 e. The minimum absolute atomic E-state index is 0.0953. The third-order valence-corrected chi connectivity index (χ3v) is 5.41. The molecule has 0 spiro atoms. The van der Waals surface area contributed by atoms with E-state index in [1.54, 1.807) is 0 Å². The summed E-state index contributed by atoms with van der Waals surface area (Å²) in [6.07, 6.45) is 4.49. The molecule has 0 unspecified atom stereocenters. The van der Waals surface area contributed by atoms with Crippen LogP contribution in [0.25, 0.3) is 0 Å². The Kier molecular flexibility index (Phi) is 6.62. The highest BCUT2D eigenvalue weighted by atomic mass is 19.2. The molecule has 1 aliphatic heterocycles. The number of aryl methyl sites for hydroxylation is 2. The molecule has 1 aliphatic rings. The summed E-state index contributed by atoms with van der Waals surface area (Å²) in [5, 5.41) is 8.97. The van der Waals surface area contributed by atoms with E-state index in [4.69, 9.17) is 9.47 Å². The molecule has 31 heavy (non-hydrogen) atoms. The van der Waals surface area contributed by atoms with Crippen molar-refractivity contribution in [3.8, 4) is 5.75 Å². The summed E-state index contributed by atoms with van der Waals surface area (Å²) in [4.78, 5) is 2.35. The molecule has 0 saturated carbocycles. The third kappa shape index (κ3) is 5.29. The average Bonchev–Trinajstić information content (AvgIpc) is 3.37. The predicted octanol–water partition coefficient (Wildman–Crippen LogP) is 3.11. The van der Waals surface area contributed by atoms with Gasteiger partial charge < -0.3 is 9.47 Å². The summed E-state index contributed by atoms with van der Waals surface area (Å²) >= 11 is 0. The van der Waals surface area contributed by atoms with Crippen molar-refractivity contribution in [1.29, 1.82) is 0 Å². The summed E-state index contributed by atoms with van der Waals surface area (Å²) in [6, 6.07) is 5.56. The molecule has 9 heteroatoms. The zero-order valence-electron chi connectivity index (χ0n) is 17.8. The van der Waals surface area contributed by atoms with Gasteiger partial charge in [-0.25, -0.2) is 8.78 Å². The van der Waals surface area contributed by atoms with Crippen molar-refractivity contribution in [3.05, 3.63) is 65.2 Å². The molecule has 7 nitrogen and oxygen atoms in total. The van der Waals surface area contributed by atoms with Crippen molar-refractivity contribution < 1.29 is 18.3 Å². The van der Waals surface area contributed by atoms with Gasteiger partial charge in [-0.2, -0.15) is 10.2 Å². The summed E-state index contributed by atoms with van der Waals surface area (Å²) in [7, 11) is 1.89. The first-order valence-electron chi connectivity index (χ1n) is 10.5. The van der Waals surface area contributed by atoms with Gasteiger partial charge in [0.25, 0.3) is 0 Å². The first kappa shape index (κ1) is 21.5. The highest BCUT2D eigenvalue weighted by Crippen LogP contribution is 2.23. The molecule has 0 bridgehead atoms. The minimum atomic E-state index is -0.915. The van der Waals surface area contributed by atoms with Crippen molar-refractivity contribution in [2.24, 2.45) is 7.05 Å². The normalized spacial score (nSPS) is 17.2. The van der Waals surface area contributed by atoms with E-state index in [9.17, 15) is 8.78 Å². The number of hydrogen-bond donors (Lipinski definition) is 0. The number of morpholine rings is 1. The van der Waals surface area contributed by atoms with Gasteiger partial charge in [0.05, 0.1) is 25.1 Å². The van der Waals surface area contributed by atoms with Gasteiger partial charge in [-0.15, -0.1) is 0 Å². The fraction of sp³-hybridized carbons (Fsp3) is 0.455. The Bertz CT molecular complexity index is 1020. The van der Waals surface area contributed by atoms with E-state index >= 15 is 0 Å². The van der Waals surface area contributed by atoms with Crippen LogP contribution in [0.5, 0.6) is 5.75 Å². The van der Waals surface area contributed by atoms with E-state index in [-0.39, 0.29) is 6.10 Å². The zero-order chi connectivity index (χ0) is 21.8. The number of halogens is 2. The Balaban J connectivity index is 1.33. The first-order valence-corrected chi connectivity index (χ1v) is 10.5. The van der Waals surface area contributed by atoms with Crippen molar-refractivity contribution >= 4 is 0 Å². The quantitative estimate of drug-likeness (QED) is 0.549. The van der Waals surface area contributed by atoms with Crippen LogP contribution >= 0.6 is 0 Å². The Morgan fingerprint density at radius 2 is 2.10 bits per heavy atom. The molecule has 0 aliphatic carbocycles. The van der Waals surface area contributed by atoms with Crippen LogP contribution in [-0.4, -0.2) is 50.8 Å². The second-order valence-corrected chi connectivity index (χ2v) is 7.66. The Morgan fingerprint density at radius 3 is 2.87 bits per heavy atom. The van der Waals surface area contributed by atoms with E-state index in [2.05, 4.69) is 28.2 Å². The van der Waals surface area contributed by atoms with E-state index in [0.29, 0.717) is 25.4 Å². The fourth-order valence-electron chi connectivity index (χ4n) is 3.71. The highest BCUT2D eigenvalue weighted by molar-refractivity contribution is 5.23. The van der Waals surface area contributed by atoms with Crippen molar-refractivity contribution in [2.45, 2.75) is 32.5 Å². The number of ether oxygens (including phenoxy) is 2. The first-order chi connectivity index (χ1) is 15.0. The van der Waals surface area contributed by atoms with Gasteiger partial charge in [0.15, 0.2) is 11.6 Å². The minimum Gasteiger partial charge on any atom is -0.493 e. The molecule has 1 fully saturated rings. The SMILES string of the molecule is CCn1cc(CN2CCO[C@@H](c3cc(CCOc4ccc(F)c(F)c4)n(C)n3)C2)cn1. The molecule has 0 amide bonds. The maximum atomic E-state index is 13.3. The van der Waals surface area contributed by atoms with Gasteiger partial charge in [-0.1, -0.05) is 0 Å². The van der Waals surface area contributed by atoms with Crippen LogP contribution < -0.4 is 4.74 Å². The molecule has 0 N–H and O–H groups in total. The van der Waals surface area contributed by atoms with Crippen LogP contribution in [0.3, 0.4) is 0 Å². The van der Waals surface area contributed by atoms with E-state index in [1.807, 2.05) is 28.7 Å². The van der Waals surface area contributed by atoms with Gasteiger partial charge in [-0.05, 0) is 25.1 Å². The molecule has 1 saturated heterocycles. The number of aromatic nitrogens is 4. The van der Waals surface area contributed by atoms with Crippen molar-refractivity contribution in [2.75, 3.05) is 26.3 Å². The van der Waals surface area contributed by atoms with Crippen molar-refractivity contribution in [3.63, 3.8) is 0 Å². The maximum absolute atomic E-state index is 13.3. The molecule has 3 heterocycles. The number of nitrogens with zero attached hydrogens (tertiary/aromatic N) is 5. The van der Waals surface area contributed by atoms with Crippen LogP contribution in [0.1, 0.15) is 30.0 Å². The maximum Gasteiger partial charge on any atom is 0.162 e. The third-order valence-electron chi connectivity index (χ3n) is 5.41.